The number of hydrogen-bond acceptors (Lipinski definition) is 5. The van der Waals surface area contributed by atoms with Gasteiger partial charge < -0.3 is 10.1 Å². The number of amides is 1. The number of pyridine rings is 1. The lowest BCUT2D eigenvalue weighted by Gasteiger charge is -2.09. The molecule has 134 valence electrons. The second-order valence-corrected chi connectivity index (χ2v) is 6.75. The zero-order chi connectivity index (χ0) is 18.5. The molecule has 26 heavy (non-hydrogen) atoms. The summed E-state index contributed by atoms with van der Waals surface area (Å²) in [5.41, 5.74) is 2.79. The van der Waals surface area contributed by atoms with Crippen LogP contribution in [0, 0.1) is 6.92 Å². The van der Waals surface area contributed by atoms with Crippen molar-refractivity contribution >= 4 is 29.0 Å². The zero-order valence-electron chi connectivity index (χ0n) is 14.6. The van der Waals surface area contributed by atoms with E-state index in [1.165, 1.54) is 22.2 Å². The number of carbonyl (C=O) groups is 1. The van der Waals surface area contributed by atoms with Gasteiger partial charge in [0.15, 0.2) is 0 Å². The molecule has 2 aromatic heterocycles. The molecule has 1 N–H and O–H groups in total. The number of aromatic nitrogens is 2. The number of aryl methyl sites for hydroxylation is 1. The summed E-state index contributed by atoms with van der Waals surface area (Å²) in [6.07, 6.45) is 1.77. The van der Waals surface area contributed by atoms with Crippen LogP contribution in [0.25, 0.3) is 5.65 Å². The lowest BCUT2D eigenvalue weighted by atomic mass is 10.3. The molecule has 0 saturated carbocycles. The molecule has 0 aliphatic rings. The Hall–Kier alpha value is -2.80. The largest absolute Gasteiger partial charge is 0.495 e. The number of fused-ring (bicyclic) bond motifs is 1. The molecule has 7 heteroatoms. The van der Waals surface area contributed by atoms with E-state index in [9.17, 15) is 9.59 Å². The van der Waals surface area contributed by atoms with Crippen LogP contribution in [0.5, 0.6) is 5.75 Å². The van der Waals surface area contributed by atoms with Gasteiger partial charge in [0.1, 0.15) is 11.4 Å². The third-order valence-corrected chi connectivity index (χ3v) is 4.69. The van der Waals surface area contributed by atoms with Gasteiger partial charge >= 0.3 is 0 Å². The summed E-state index contributed by atoms with van der Waals surface area (Å²) in [6.45, 7) is 1.93. The van der Waals surface area contributed by atoms with Gasteiger partial charge in [-0.3, -0.25) is 14.0 Å². The fourth-order valence-corrected chi connectivity index (χ4v) is 3.23. The Morgan fingerprint density at radius 3 is 2.88 bits per heavy atom. The number of nitrogens with one attached hydrogen (secondary N) is 1. The Morgan fingerprint density at radius 2 is 2.08 bits per heavy atom. The monoisotopic (exact) mass is 369 g/mol. The van der Waals surface area contributed by atoms with E-state index in [-0.39, 0.29) is 17.2 Å². The molecule has 3 rings (SSSR count). The number of ether oxygens (including phenoxy) is 1. The number of nitrogens with zero attached hydrogens (tertiary/aromatic N) is 2. The number of anilines is 1. The highest BCUT2D eigenvalue weighted by Gasteiger charge is 2.08. The number of benzene rings is 1. The molecule has 0 spiro atoms. The highest BCUT2D eigenvalue weighted by atomic mass is 32.2. The lowest BCUT2D eigenvalue weighted by molar-refractivity contribution is -0.113. The van der Waals surface area contributed by atoms with Gasteiger partial charge in [0.2, 0.25) is 5.91 Å². The van der Waals surface area contributed by atoms with Crippen LogP contribution >= 0.6 is 11.8 Å². The van der Waals surface area contributed by atoms with Crippen molar-refractivity contribution in [3.05, 3.63) is 70.3 Å². The van der Waals surface area contributed by atoms with E-state index >= 15 is 0 Å². The molecule has 0 saturated heterocycles. The third-order valence-electron chi connectivity index (χ3n) is 3.72. The Bertz CT molecular complexity index is 1000. The van der Waals surface area contributed by atoms with Crippen LogP contribution in [0.3, 0.4) is 0 Å². The quantitative estimate of drug-likeness (QED) is 0.723. The number of carbonyl (C=O) groups excluding carboxylic acids is 1. The predicted molar refractivity (Wildman–Crippen MR) is 104 cm³/mol. The minimum atomic E-state index is -0.132. The Kier molecular flexibility index (Phi) is 5.58. The summed E-state index contributed by atoms with van der Waals surface area (Å²) in [6, 6.07) is 12.5. The van der Waals surface area contributed by atoms with Gasteiger partial charge in [-0.2, -0.15) is 0 Å². The number of hydrogen-bond donors (Lipinski definition) is 1. The summed E-state index contributed by atoms with van der Waals surface area (Å²) in [4.78, 5) is 28.8. The molecule has 0 unspecified atom stereocenters. The molecule has 0 fully saturated rings. The van der Waals surface area contributed by atoms with Crippen molar-refractivity contribution in [2.45, 2.75) is 12.7 Å². The van der Waals surface area contributed by atoms with E-state index in [0.29, 0.717) is 28.5 Å². The summed E-state index contributed by atoms with van der Waals surface area (Å²) >= 11 is 1.40. The van der Waals surface area contributed by atoms with E-state index in [4.69, 9.17) is 4.74 Å². The van der Waals surface area contributed by atoms with E-state index in [0.717, 1.165) is 5.56 Å². The maximum atomic E-state index is 12.2. The molecular formula is C19H19N3O3S. The van der Waals surface area contributed by atoms with E-state index in [1.54, 1.807) is 25.4 Å². The van der Waals surface area contributed by atoms with Crippen LogP contribution in [-0.4, -0.2) is 28.2 Å². The molecule has 1 amide bonds. The molecular weight excluding hydrogens is 350 g/mol. The zero-order valence-corrected chi connectivity index (χ0v) is 15.4. The summed E-state index contributed by atoms with van der Waals surface area (Å²) < 4.78 is 6.74. The summed E-state index contributed by atoms with van der Waals surface area (Å²) in [5, 5.41) is 2.82. The second kappa shape index (κ2) is 8.05. The van der Waals surface area contributed by atoms with Crippen LogP contribution in [0.1, 0.15) is 11.3 Å². The van der Waals surface area contributed by atoms with Crippen molar-refractivity contribution < 1.29 is 9.53 Å². The van der Waals surface area contributed by atoms with Gasteiger partial charge in [0, 0.05) is 18.0 Å². The van der Waals surface area contributed by atoms with Crippen molar-refractivity contribution in [1.29, 1.82) is 0 Å². The average Bonchev–Trinajstić information content (AvgIpc) is 2.63. The molecule has 0 atom stereocenters. The molecule has 0 aliphatic carbocycles. The molecule has 1 aromatic carbocycles. The molecule has 6 nitrogen and oxygen atoms in total. The first-order valence-electron chi connectivity index (χ1n) is 8.06. The van der Waals surface area contributed by atoms with Crippen LogP contribution in [0.15, 0.2) is 53.5 Å². The first-order valence-corrected chi connectivity index (χ1v) is 9.22. The highest BCUT2D eigenvalue weighted by Crippen LogP contribution is 2.23. The first-order chi connectivity index (χ1) is 12.6. The maximum Gasteiger partial charge on any atom is 0.258 e. The van der Waals surface area contributed by atoms with E-state index < -0.39 is 0 Å². The maximum absolute atomic E-state index is 12.2. The van der Waals surface area contributed by atoms with Gasteiger partial charge in [-0.25, -0.2) is 4.98 Å². The van der Waals surface area contributed by atoms with Crippen molar-refractivity contribution in [3.63, 3.8) is 0 Å². The Morgan fingerprint density at radius 1 is 1.27 bits per heavy atom. The predicted octanol–water partition coefficient (Wildman–Crippen LogP) is 2.88. The number of thioether (sulfide) groups is 1. The van der Waals surface area contributed by atoms with Crippen LogP contribution < -0.4 is 15.6 Å². The van der Waals surface area contributed by atoms with Crippen molar-refractivity contribution in [1.82, 2.24) is 9.38 Å². The van der Waals surface area contributed by atoms with E-state index in [2.05, 4.69) is 10.3 Å². The number of para-hydroxylation sites is 2. The lowest BCUT2D eigenvalue weighted by Crippen LogP contribution is -2.16. The normalized spacial score (nSPS) is 10.7. The van der Waals surface area contributed by atoms with Gasteiger partial charge in [-0.05, 0) is 30.7 Å². The SMILES string of the molecule is COc1ccccc1NC(=O)CSCc1cc(=O)n2cc(C)ccc2n1. The van der Waals surface area contributed by atoms with Crippen molar-refractivity contribution in [2.24, 2.45) is 0 Å². The second-order valence-electron chi connectivity index (χ2n) is 5.76. The minimum Gasteiger partial charge on any atom is -0.495 e. The highest BCUT2D eigenvalue weighted by molar-refractivity contribution is 7.99. The molecule has 3 aromatic rings. The van der Waals surface area contributed by atoms with E-state index in [1.807, 2.05) is 31.2 Å². The third kappa shape index (κ3) is 4.23. The molecule has 0 radical (unpaired) electrons. The first kappa shape index (κ1) is 18.0. The van der Waals surface area contributed by atoms with Gasteiger partial charge in [-0.15, -0.1) is 11.8 Å². The Labute approximate surface area is 155 Å². The summed E-state index contributed by atoms with van der Waals surface area (Å²) in [5.74, 6) is 1.23. The van der Waals surface area contributed by atoms with Gasteiger partial charge in [-0.1, -0.05) is 18.2 Å². The summed E-state index contributed by atoms with van der Waals surface area (Å²) in [7, 11) is 1.56. The molecule has 0 bridgehead atoms. The van der Waals surface area contributed by atoms with Crippen molar-refractivity contribution in [3.8, 4) is 5.75 Å². The molecule has 2 heterocycles. The average molecular weight is 369 g/mol. The number of rotatable bonds is 6. The van der Waals surface area contributed by atoms with Crippen molar-refractivity contribution in [2.75, 3.05) is 18.2 Å². The Balaban J connectivity index is 1.61. The van der Waals surface area contributed by atoms with Crippen LogP contribution in [-0.2, 0) is 10.5 Å². The van der Waals surface area contributed by atoms with Gasteiger partial charge in [0.05, 0.1) is 24.2 Å². The topological polar surface area (TPSA) is 72.7 Å². The number of methoxy groups -OCH3 is 1. The van der Waals surface area contributed by atoms with Gasteiger partial charge in [0.25, 0.3) is 5.56 Å². The minimum absolute atomic E-state index is 0.118. The smallest absolute Gasteiger partial charge is 0.258 e. The fourth-order valence-electron chi connectivity index (χ4n) is 2.51. The van der Waals surface area contributed by atoms with Crippen LogP contribution in [0.4, 0.5) is 5.69 Å². The van der Waals surface area contributed by atoms with Crippen LogP contribution in [0.2, 0.25) is 0 Å². The standard InChI is InChI=1S/C19H19N3O3S/c1-13-7-8-17-20-14(9-19(24)22(17)10-13)11-26-12-18(23)21-15-5-3-4-6-16(15)25-2/h3-10H,11-12H2,1-2H3,(H,21,23). The fraction of sp³-hybridized carbons (Fsp3) is 0.211. The molecule has 0 aliphatic heterocycles.